The van der Waals surface area contributed by atoms with Gasteiger partial charge in [0.25, 0.3) is 0 Å². The molecular formula is C13H13BrO5S. The minimum atomic E-state index is -3.07. The maximum Gasteiger partial charge on any atom is 0.168 e. The first kappa shape index (κ1) is 13.9. The molecule has 5 nitrogen and oxygen atoms in total. The molecule has 0 N–H and O–H groups in total. The predicted molar refractivity (Wildman–Crippen MR) is 76.2 cm³/mol. The van der Waals surface area contributed by atoms with Crippen LogP contribution in [0.3, 0.4) is 0 Å². The highest BCUT2D eigenvalue weighted by Gasteiger charge is 2.34. The van der Waals surface area contributed by atoms with Crippen molar-refractivity contribution >= 4 is 31.6 Å². The van der Waals surface area contributed by atoms with Crippen LogP contribution in [0.15, 0.2) is 16.6 Å². The van der Waals surface area contributed by atoms with Gasteiger partial charge in [0.2, 0.25) is 0 Å². The summed E-state index contributed by atoms with van der Waals surface area (Å²) in [5, 5.41) is 0. The smallest absolute Gasteiger partial charge is 0.168 e. The van der Waals surface area contributed by atoms with Crippen LogP contribution in [0.2, 0.25) is 0 Å². The number of halogens is 1. The Balaban J connectivity index is 1.92. The van der Waals surface area contributed by atoms with Crippen LogP contribution in [-0.4, -0.2) is 38.9 Å². The Morgan fingerprint density at radius 1 is 1.20 bits per heavy atom. The number of Topliss-reactive ketones (excluding diaryl/α,β-unsaturated/α-hetero) is 1. The Morgan fingerprint density at radius 3 is 2.45 bits per heavy atom. The Morgan fingerprint density at radius 2 is 1.85 bits per heavy atom. The third kappa shape index (κ3) is 2.56. The molecule has 2 heterocycles. The van der Waals surface area contributed by atoms with Gasteiger partial charge in [-0.2, -0.15) is 0 Å². The van der Waals surface area contributed by atoms with E-state index in [9.17, 15) is 13.2 Å². The fourth-order valence-electron chi connectivity index (χ4n) is 2.47. The van der Waals surface area contributed by atoms with Crippen LogP contribution in [0.1, 0.15) is 16.8 Å². The number of sulfone groups is 1. The van der Waals surface area contributed by atoms with Crippen molar-refractivity contribution in [3.63, 3.8) is 0 Å². The molecule has 0 saturated carbocycles. The topological polar surface area (TPSA) is 69.7 Å². The molecule has 1 unspecified atom stereocenters. The summed E-state index contributed by atoms with van der Waals surface area (Å²) >= 11 is 3.35. The molecule has 0 aliphatic carbocycles. The SMILES string of the molecule is O=C(c1cc2c(cc1Br)OCCO2)C1CCS(=O)(=O)C1. The van der Waals surface area contributed by atoms with Crippen LogP contribution in [0.5, 0.6) is 11.5 Å². The Hall–Kier alpha value is -1.08. The molecule has 20 heavy (non-hydrogen) atoms. The van der Waals surface area contributed by atoms with Crippen LogP contribution in [-0.2, 0) is 9.84 Å². The number of hydrogen-bond donors (Lipinski definition) is 0. The quantitative estimate of drug-likeness (QED) is 0.752. The van der Waals surface area contributed by atoms with E-state index in [0.717, 1.165) is 0 Å². The second kappa shape index (κ2) is 5.04. The molecule has 108 valence electrons. The summed E-state index contributed by atoms with van der Waals surface area (Å²) in [6.45, 7) is 0.924. The highest BCUT2D eigenvalue weighted by Crippen LogP contribution is 2.37. The number of ether oxygens (including phenoxy) is 2. The largest absolute Gasteiger partial charge is 0.486 e. The first-order valence-corrected chi connectivity index (χ1v) is 8.91. The second-order valence-electron chi connectivity index (χ2n) is 4.94. The molecule has 3 rings (SSSR count). The molecule has 2 aliphatic rings. The molecule has 0 bridgehead atoms. The number of rotatable bonds is 2. The summed E-state index contributed by atoms with van der Waals surface area (Å²) in [6.07, 6.45) is 0.391. The molecule has 1 aromatic carbocycles. The molecule has 0 amide bonds. The maximum absolute atomic E-state index is 12.5. The Kier molecular flexibility index (Phi) is 3.50. The van der Waals surface area contributed by atoms with Crippen molar-refractivity contribution in [2.75, 3.05) is 24.7 Å². The van der Waals surface area contributed by atoms with E-state index in [1.54, 1.807) is 12.1 Å². The predicted octanol–water partition coefficient (Wildman–Crippen LogP) is 1.84. The van der Waals surface area contributed by atoms with Gasteiger partial charge < -0.3 is 9.47 Å². The summed E-state index contributed by atoms with van der Waals surface area (Å²) in [7, 11) is -3.07. The first-order chi connectivity index (χ1) is 9.46. The Labute approximate surface area is 125 Å². The van der Waals surface area contributed by atoms with E-state index in [2.05, 4.69) is 15.9 Å². The molecule has 1 saturated heterocycles. The standard InChI is InChI=1S/C13H13BrO5S/c14-10-6-12-11(18-2-3-19-12)5-9(10)13(15)8-1-4-20(16,17)7-8/h5-6,8H,1-4,7H2. The van der Waals surface area contributed by atoms with Crippen molar-refractivity contribution in [3.05, 3.63) is 22.2 Å². The van der Waals surface area contributed by atoms with Crippen molar-refractivity contribution < 1.29 is 22.7 Å². The highest BCUT2D eigenvalue weighted by atomic mass is 79.9. The second-order valence-corrected chi connectivity index (χ2v) is 8.02. The van der Waals surface area contributed by atoms with Gasteiger partial charge in [0.1, 0.15) is 13.2 Å². The molecule has 1 atom stereocenters. The molecule has 2 aliphatic heterocycles. The fourth-order valence-corrected chi connectivity index (χ4v) is 4.73. The zero-order valence-electron chi connectivity index (χ0n) is 10.6. The summed E-state index contributed by atoms with van der Waals surface area (Å²) in [6, 6.07) is 3.33. The summed E-state index contributed by atoms with van der Waals surface area (Å²) in [4.78, 5) is 12.5. The number of carbonyl (C=O) groups excluding carboxylic acids is 1. The van der Waals surface area contributed by atoms with Crippen molar-refractivity contribution in [1.82, 2.24) is 0 Å². The molecule has 0 spiro atoms. The molecule has 1 fully saturated rings. The fraction of sp³-hybridized carbons (Fsp3) is 0.462. The normalized spacial score (nSPS) is 23.6. The van der Waals surface area contributed by atoms with Crippen molar-refractivity contribution in [1.29, 1.82) is 0 Å². The van der Waals surface area contributed by atoms with Gasteiger partial charge in [-0.1, -0.05) is 0 Å². The van der Waals surface area contributed by atoms with Crippen molar-refractivity contribution in [2.45, 2.75) is 6.42 Å². The zero-order valence-corrected chi connectivity index (χ0v) is 13.0. The van der Waals surface area contributed by atoms with Crippen LogP contribution in [0.25, 0.3) is 0 Å². The molecule has 7 heteroatoms. The Bertz CT molecular complexity index is 668. The number of carbonyl (C=O) groups is 1. The van der Waals surface area contributed by atoms with Gasteiger partial charge in [0, 0.05) is 16.0 Å². The van der Waals surface area contributed by atoms with Gasteiger partial charge in [0.05, 0.1) is 11.5 Å². The average Bonchev–Trinajstić information content (AvgIpc) is 2.77. The number of hydrogen-bond acceptors (Lipinski definition) is 5. The van der Waals surface area contributed by atoms with E-state index < -0.39 is 15.8 Å². The van der Waals surface area contributed by atoms with Crippen molar-refractivity contribution in [3.8, 4) is 11.5 Å². The van der Waals surface area contributed by atoms with E-state index in [-0.39, 0.29) is 17.3 Å². The summed E-state index contributed by atoms with van der Waals surface area (Å²) in [5.74, 6) is 0.536. The third-order valence-electron chi connectivity index (χ3n) is 3.50. The minimum Gasteiger partial charge on any atom is -0.486 e. The average molecular weight is 361 g/mol. The number of fused-ring (bicyclic) bond motifs is 1. The molecule has 0 aromatic heterocycles. The summed E-state index contributed by atoms with van der Waals surface area (Å²) < 4.78 is 34.5. The molecular weight excluding hydrogens is 348 g/mol. The van der Waals surface area contributed by atoms with Crippen LogP contribution in [0.4, 0.5) is 0 Å². The van der Waals surface area contributed by atoms with Crippen LogP contribution in [0, 0.1) is 5.92 Å². The first-order valence-electron chi connectivity index (χ1n) is 6.30. The lowest BCUT2D eigenvalue weighted by Crippen LogP contribution is -2.19. The molecule has 1 aromatic rings. The van der Waals surface area contributed by atoms with Gasteiger partial charge in [-0.15, -0.1) is 0 Å². The lowest BCUT2D eigenvalue weighted by Gasteiger charge is -2.20. The van der Waals surface area contributed by atoms with Gasteiger partial charge in [-0.05, 0) is 34.5 Å². The van der Waals surface area contributed by atoms with Gasteiger partial charge in [0.15, 0.2) is 27.1 Å². The van der Waals surface area contributed by atoms with Gasteiger partial charge in [-0.25, -0.2) is 8.42 Å². The lowest BCUT2D eigenvalue weighted by molar-refractivity contribution is 0.0931. The van der Waals surface area contributed by atoms with Crippen molar-refractivity contribution in [2.24, 2.45) is 5.92 Å². The van der Waals surface area contributed by atoms with Crippen LogP contribution >= 0.6 is 15.9 Å². The van der Waals surface area contributed by atoms with E-state index in [4.69, 9.17) is 9.47 Å². The third-order valence-corrected chi connectivity index (χ3v) is 5.92. The van der Waals surface area contributed by atoms with E-state index in [1.807, 2.05) is 0 Å². The molecule has 0 radical (unpaired) electrons. The monoisotopic (exact) mass is 360 g/mol. The van der Waals surface area contributed by atoms with E-state index >= 15 is 0 Å². The maximum atomic E-state index is 12.5. The number of benzene rings is 1. The van der Waals surface area contributed by atoms with Gasteiger partial charge >= 0.3 is 0 Å². The van der Waals surface area contributed by atoms with E-state index in [1.165, 1.54) is 0 Å². The van der Waals surface area contributed by atoms with Crippen LogP contribution < -0.4 is 9.47 Å². The highest BCUT2D eigenvalue weighted by molar-refractivity contribution is 9.10. The zero-order chi connectivity index (χ0) is 14.3. The number of ketones is 1. The van der Waals surface area contributed by atoms with E-state index in [0.29, 0.717) is 41.2 Å². The van der Waals surface area contributed by atoms with Gasteiger partial charge in [-0.3, -0.25) is 4.79 Å². The minimum absolute atomic E-state index is 0.0628. The lowest BCUT2D eigenvalue weighted by atomic mass is 9.97. The summed E-state index contributed by atoms with van der Waals surface area (Å²) in [5.41, 5.74) is 0.455.